The van der Waals surface area contributed by atoms with E-state index >= 15 is 0 Å². The zero-order valence-electron chi connectivity index (χ0n) is 17.6. The summed E-state index contributed by atoms with van der Waals surface area (Å²) >= 11 is 0. The molecule has 0 radical (unpaired) electrons. The molecule has 0 aromatic heterocycles. The monoisotopic (exact) mass is 399 g/mol. The number of ether oxygens (including phenoxy) is 1. The second-order valence-electron chi connectivity index (χ2n) is 7.34. The number of hydrogen-bond acceptors (Lipinski definition) is 4. The first-order chi connectivity index (χ1) is 14.2. The number of rotatable bonds is 6. The molecule has 0 atom stereocenters. The van der Waals surface area contributed by atoms with Crippen LogP contribution in [0, 0.1) is 0 Å². The Kier molecular flexibility index (Phi) is 7.78. The van der Waals surface area contributed by atoms with Crippen molar-refractivity contribution in [1.82, 2.24) is 15.5 Å². The van der Waals surface area contributed by atoms with E-state index < -0.39 is 0 Å². The Morgan fingerprint density at radius 1 is 1.14 bits per heavy atom. The number of carbonyl (C=O) groups is 1. The van der Waals surface area contributed by atoms with Crippen LogP contribution in [0.15, 0.2) is 41.4 Å². The fraction of sp³-hybridized carbons (Fsp3) is 0.545. The lowest BCUT2D eigenvalue weighted by Gasteiger charge is -2.32. The molecule has 1 aromatic rings. The second-order valence-corrected chi connectivity index (χ2v) is 7.34. The Bertz CT molecular complexity index is 700. The maximum absolute atomic E-state index is 11.8. The molecule has 7 nitrogen and oxygen atoms in total. The molecule has 2 heterocycles. The third-order valence-corrected chi connectivity index (χ3v) is 5.25. The summed E-state index contributed by atoms with van der Waals surface area (Å²) in [6, 6.07) is 8.95. The minimum absolute atomic E-state index is 0.209. The molecule has 3 rings (SSSR count). The summed E-state index contributed by atoms with van der Waals surface area (Å²) in [5.41, 5.74) is 2.44. The van der Waals surface area contributed by atoms with E-state index in [9.17, 15) is 4.79 Å². The zero-order valence-corrected chi connectivity index (χ0v) is 17.6. The topological polar surface area (TPSA) is 69.2 Å². The summed E-state index contributed by atoms with van der Waals surface area (Å²) in [5, 5.41) is 6.85. The molecule has 0 aliphatic carbocycles. The van der Waals surface area contributed by atoms with Gasteiger partial charge in [-0.05, 0) is 44.4 Å². The van der Waals surface area contributed by atoms with E-state index in [0.29, 0.717) is 32.3 Å². The van der Waals surface area contributed by atoms with Gasteiger partial charge in [0.05, 0.1) is 13.2 Å². The molecule has 29 heavy (non-hydrogen) atoms. The molecule has 0 bridgehead atoms. The summed E-state index contributed by atoms with van der Waals surface area (Å²) in [4.78, 5) is 20.7. The van der Waals surface area contributed by atoms with E-state index in [4.69, 9.17) is 9.73 Å². The predicted molar refractivity (Wildman–Crippen MR) is 117 cm³/mol. The van der Waals surface area contributed by atoms with Crippen LogP contribution >= 0.6 is 0 Å². The number of nitrogens with zero attached hydrogens (tertiary/aromatic N) is 3. The van der Waals surface area contributed by atoms with Gasteiger partial charge in [-0.3, -0.25) is 0 Å². The van der Waals surface area contributed by atoms with Crippen LogP contribution in [-0.4, -0.2) is 62.3 Å². The fourth-order valence-corrected chi connectivity index (χ4v) is 3.61. The molecule has 1 amide bonds. The highest BCUT2D eigenvalue weighted by Gasteiger charge is 2.24. The summed E-state index contributed by atoms with van der Waals surface area (Å²) in [7, 11) is 0. The first kappa shape index (κ1) is 21.0. The van der Waals surface area contributed by atoms with Gasteiger partial charge in [0.15, 0.2) is 5.96 Å². The minimum atomic E-state index is -0.209. The number of aliphatic imine (C=N–C) groups is 1. The number of guanidine groups is 1. The number of likely N-dealkylation sites (tertiary alicyclic amines) is 1. The van der Waals surface area contributed by atoms with Crippen molar-refractivity contribution in [3.8, 4) is 0 Å². The summed E-state index contributed by atoms with van der Waals surface area (Å²) < 4.78 is 5.09. The van der Waals surface area contributed by atoms with Gasteiger partial charge < -0.3 is 25.2 Å². The molecule has 0 unspecified atom stereocenters. The summed E-state index contributed by atoms with van der Waals surface area (Å²) in [5.74, 6) is 0.829. The van der Waals surface area contributed by atoms with Gasteiger partial charge in [-0.15, -0.1) is 0 Å². The number of amides is 1. The number of nitrogens with one attached hydrogen (secondary N) is 2. The molecule has 0 saturated carbocycles. The van der Waals surface area contributed by atoms with Crippen molar-refractivity contribution < 1.29 is 9.53 Å². The first-order valence-corrected chi connectivity index (χ1v) is 10.6. The SMILES string of the molecule is CCNC(=NCc1ccc(N2CC=CC2)cc1)NC1CCN(C(=O)OCC)CC1. The van der Waals surface area contributed by atoms with E-state index in [1.807, 2.05) is 6.92 Å². The van der Waals surface area contributed by atoms with Crippen LogP contribution in [0.5, 0.6) is 0 Å². The van der Waals surface area contributed by atoms with Gasteiger partial charge in [0.25, 0.3) is 0 Å². The number of anilines is 1. The van der Waals surface area contributed by atoms with E-state index in [1.54, 1.807) is 4.90 Å². The molecule has 1 fully saturated rings. The third kappa shape index (κ3) is 6.14. The highest BCUT2D eigenvalue weighted by Crippen LogP contribution is 2.18. The van der Waals surface area contributed by atoms with Crippen molar-refractivity contribution in [2.75, 3.05) is 44.2 Å². The molecule has 2 N–H and O–H groups in total. The number of carbonyl (C=O) groups excluding carboxylic acids is 1. The standard InChI is InChI=1S/C22H33N5O2/c1-3-23-21(25-19-11-15-27(16-12-19)22(28)29-4-2)24-17-18-7-9-20(10-8-18)26-13-5-6-14-26/h5-10,19H,3-4,11-17H2,1-2H3,(H2,23,24,25). The smallest absolute Gasteiger partial charge is 0.409 e. The lowest BCUT2D eigenvalue weighted by atomic mass is 10.1. The molecule has 1 saturated heterocycles. The largest absolute Gasteiger partial charge is 0.450 e. The number of hydrogen-bond donors (Lipinski definition) is 2. The van der Waals surface area contributed by atoms with E-state index in [2.05, 4.69) is 58.9 Å². The first-order valence-electron chi connectivity index (χ1n) is 10.6. The van der Waals surface area contributed by atoms with Crippen LogP contribution in [-0.2, 0) is 11.3 Å². The van der Waals surface area contributed by atoms with Crippen LogP contribution in [0.4, 0.5) is 10.5 Å². The minimum Gasteiger partial charge on any atom is -0.450 e. The van der Waals surface area contributed by atoms with E-state index in [-0.39, 0.29) is 6.09 Å². The van der Waals surface area contributed by atoms with Gasteiger partial charge in [0.2, 0.25) is 0 Å². The average molecular weight is 400 g/mol. The molecular formula is C22H33N5O2. The lowest BCUT2D eigenvalue weighted by molar-refractivity contribution is 0.0963. The quantitative estimate of drug-likeness (QED) is 0.437. The average Bonchev–Trinajstić information content (AvgIpc) is 3.28. The predicted octanol–water partition coefficient (Wildman–Crippen LogP) is 2.74. The normalized spacial score (nSPS) is 17.5. The Labute approximate surface area is 173 Å². The van der Waals surface area contributed by atoms with Gasteiger partial charge in [-0.2, -0.15) is 0 Å². The number of benzene rings is 1. The molecule has 1 aromatic carbocycles. The van der Waals surface area contributed by atoms with Gasteiger partial charge in [0.1, 0.15) is 0 Å². The maximum atomic E-state index is 11.8. The Balaban J connectivity index is 1.50. The van der Waals surface area contributed by atoms with Crippen molar-refractivity contribution in [2.45, 2.75) is 39.3 Å². The Morgan fingerprint density at radius 2 is 1.83 bits per heavy atom. The molecule has 0 spiro atoms. The van der Waals surface area contributed by atoms with Crippen LogP contribution < -0.4 is 15.5 Å². The highest BCUT2D eigenvalue weighted by atomic mass is 16.6. The molecule has 158 valence electrons. The van der Waals surface area contributed by atoms with Gasteiger partial charge >= 0.3 is 6.09 Å². The summed E-state index contributed by atoms with van der Waals surface area (Å²) in [6.45, 7) is 9.17. The molecule has 2 aliphatic heterocycles. The van der Waals surface area contributed by atoms with Gasteiger partial charge in [0, 0.05) is 44.5 Å². The van der Waals surface area contributed by atoms with E-state index in [1.165, 1.54) is 11.3 Å². The highest BCUT2D eigenvalue weighted by molar-refractivity contribution is 5.80. The second kappa shape index (κ2) is 10.7. The van der Waals surface area contributed by atoms with Crippen molar-refractivity contribution >= 4 is 17.7 Å². The zero-order chi connectivity index (χ0) is 20.5. The van der Waals surface area contributed by atoms with Crippen molar-refractivity contribution in [2.24, 2.45) is 4.99 Å². The Morgan fingerprint density at radius 3 is 2.45 bits per heavy atom. The van der Waals surface area contributed by atoms with Crippen LogP contribution in [0.2, 0.25) is 0 Å². The van der Waals surface area contributed by atoms with Crippen molar-refractivity contribution in [1.29, 1.82) is 0 Å². The van der Waals surface area contributed by atoms with Crippen molar-refractivity contribution in [3.63, 3.8) is 0 Å². The van der Waals surface area contributed by atoms with Crippen LogP contribution in [0.25, 0.3) is 0 Å². The third-order valence-electron chi connectivity index (χ3n) is 5.25. The summed E-state index contributed by atoms with van der Waals surface area (Å²) in [6.07, 6.45) is 5.97. The van der Waals surface area contributed by atoms with Crippen molar-refractivity contribution in [3.05, 3.63) is 42.0 Å². The Hall–Kier alpha value is -2.70. The van der Waals surface area contributed by atoms with Gasteiger partial charge in [-0.25, -0.2) is 9.79 Å². The molecule has 7 heteroatoms. The van der Waals surface area contributed by atoms with E-state index in [0.717, 1.165) is 38.4 Å². The number of piperidine rings is 1. The van der Waals surface area contributed by atoms with Gasteiger partial charge in [-0.1, -0.05) is 24.3 Å². The lowest BCUT2D eigenvalue weighted by Crippen LogP contribution is -2.49. The van der Waals surface area contributed by atoms with Crippen LogP contribution in [0.1, 0.15) is 32.3 Å². The molecular weight excluding hydrogens is 366 g/mol. The molecule has 2 aliphatic rings. The fourth-order valence-electron chi connectivity index (χ4n) is 3.61. The maximum Gasteiger partial charge on any atom is 0.409 e. The van der Waals surface area contributed by atoms with Crippen LogP contribution in [0.3, 0.4) is 0 Å².